The van der Waals surface area contributed by atoms with Crippen molar-refractivity contribution < 1.29 is 0 Å². The number of halogens is 1. The summed E-state index contributed by atoms with van der Waals surface area (Å²) in [5.74, 6) is 0.655. The highest BCUT2D eigenvalue weighted by molar-refractivity contribution is 9.10. The summed E-state index contributed by atoms with van der Waals surface area (Å²) in [4.78, 5) is 2.07. The van der Waals surface area contributed by atoms with Crippen molar-refractivity contribution in [2.24, 2.45) is 5.92 Å². The summed E-state index contributed by atoms with van der Waals surface area (Å²) in [5.41, 5.74) is 0. The summed E-state index contributed by atoms with van der Waals surface area (Å²) in [6.45, 7) is 4.36. The van der Waals surface area contributed by atoms with Gasteiger partial charge in [0.25, 0.3) is 0 Å². The molecule has 64 valence electrons. The topological polar surface area (TPSA) is 23.8 Å². The maximum absolute atomic E-state index is 8.70. The number of nitriles is 1. The van der Waals surface area contributed by atoms with Crippen LogP contribution in [0.5, 0.6) is 0 Å². The van der Waals surface area contributed by atoms with Gasteiger partial charge in [-0.15, -0.1) is 11.3 Å². The first kappa shape index (κ1) is 9.76. The quantitative estimate of drug-likeness (QED) is 0.780. The van der Waals surface area contributed by atoms with Crippen molar-refractivity contribution in [3.8, 4) is 6.07 Å². The summed E-state index contributed by atoms with van der Waals surface area (Å²) in [6, 6.07) is 4.21. The predicted octanol–water partition coefficient (Wildman–Crippen LogP) is 3.58. The van der Waals surface area contributed by atoms with Gasteiger partial charge in [-0.1, -0.05) is 13.8 Å². The molecule has 1 nitrogen and oxygen atoms in total. The van der Waals surface area contributed by atoms with E-state index in [1.54, 1.807) is 11.3 Å². The van der Waals surface area contributed by atoms with Crippen molar-refractivity contribution in [1.29, 1.82) is 5.26 Å². The fraction of sp³-hybridized carbons (Fsp3) is 0.444. The Morgan fingerprint density at radius 2 is 2.33 bits per heavy atom. The summed E-state index contributed by atoms with van der Waals surface area (Å²) >= 11 is 4.93. The van der Waals surface area contributed by atoms with Crippen LogP contribution in [0.3, 0.4) is 0 Å². The molecule has 0 aliphatic carbocycles. The Hall–Kier alpha value is -0.330. The van der Waals surface area contributed by atoms with E-state index in [1.807, 2.05) is 6.07 Å². The fourth-order valence-corrected chi connectivity index (χ4v) is 2.81. The molecular formula is C9H10BrNS. The second-order valence-electron chi connectivity index (χ2n) is 3.10. The molecule has 1 aromatic heterocycles. The van der Waals surface area contributed by atoms with Crippen LogP contribution < -0.4 is 0 Å². The van der Waals surface area contributed by atoms with Crippen LogP contribution in [0.2, 0.25) is 0 Å². The largest absolute Gasteiger partial charge is 0.191 e. The van der Waals surface area contributed by atoms with Gasteiger partial charge in [0.05, 0.1) is 0 Å². The number of hydrogen-bond donors (Lipinski definition) is 0. The third kappa shape index (κ3) is 2.33. The van der Waals surface area contributed by atoms with Crippen molar-refractivity contribution >= 4 is 27.3 Å². The van der Waals surface area contributed by atoms with Crippen molar-refractivity contribution in [3.63, 3.8) is 0 Å². The molecule has 0 fully saturated rings. The van der Waals surface area contributed by atoms with Crippen LogP contribution >= 0.6 is 27.3 Å². The van der Waals surface area contributed by atoms with Gasteiger partial charge in [-0.05, 0) is 34.3 Å². The summed E-state index contributed by atoms with van der Waals surface area (Å²) < 4.78 is 0.936. The Morgan fingerprint density at radius 3 is 2.75 bits per heavy atom. The molecule has 0 saturated carbocycles. The van der Waals surface area contributed by atoms with Gasteiger partial charge in [-0.25, -0.2) is 0 Å². The van der Waals surface area contributed by atoms with Crippen molar-refractivity contribution in [3.05, 3.63) is 20.3 Å². The minimum atomic E-state index is 0.655. The van der Waals surface area contributed by atoms with E-state index in [-0.39, 0.29) is 0 Å². The lowest BCUT2D eigenvalue weighted by atomic mass is 10.1. The van der Waals surface area contributed by atoms with Gasteiger partial charge in [-0.2, -0.15) is 5.26 Å². The van der Waals surface area contributed by atoms with Gasteiger partial charge in [-0.3, -0.25) is 0 Å². The van der Waals surface area contributed by atoms with Gasteiger partial charge in [0.2, 0.25) is 0 Å². The van der Waals surface area contributed by atoms with Gasteiger partial charge in [0.1, 0.15) is 10.9 Å². The lowest BCUT2D eigenvalue weighted by Gasteiger charge is -1.98. The zero-order chi connectivity index (χ0) is 9.14. The molecule has 0 N–H and O–H groups in total. The lowest BCUT2D eigenvalue weighted by Crippen LogP contribution is -1.89. The zero-order valence-electron chi connectivity index (χ0n) is 7.10. The molecule has 0 unspecified atom stereocenters. The monoisotopic (exact) mass is 243 g/mol. The highest BCUT2D eigenvalue weighted by atomic mass is 79.9. The van der Waals surface area contributed by atoms with Gasteiger partial charge >= 0.3 is 0 Å². The Bertz CT molecular complexity index is 309. The second kappa shape index (κ2) is 4.06. The third-order valence-electron chi connectivity index (χ3n) is 1.45. The molecule has 0 spiro atoms. The number of nitrogens with zero attached hydrogens (tertiary/aromatic N) is 1. The molecule has 12 heavy (non-hydrogen) atoms. The van der Waals surface area contributed by atoms with Crippen LogP contribution in [-0.4, -0.2) is 0 Å². The third-order valence-corrected chi connectivity index (χ3v) is 3.40. The normalized spacial score (nSPS) is 10.2. The summed E-state index contributed by atoms with van der Waals surface area (Å²) in [5, 5.41) is 8.70. The predicted molar refractivity (Wildman–Crippen MR) is 55.3 cm³/mol. The molecule has 0 aliphatic heterocycles. The van der Waals surface area contributed by atoms with Crippen molar-refractivity contribution in [2.75, 3.05) is 0 Å². The molecule has 0 aromatic carbocycles. The maximum atomic E-state index is 8.70. The van der Waals surface area contributed by atoms with Crippen LogP contribution in [-0.2, 0) is 6.42 Å². The number of hydrogen-bond acceptors (Lipinski definition) is 2. The zero-order valence-corrected chi connectivity index (χ0v) is 9.50. The molecule has 3 heteroatoms. The van der Waals surface area contributed by atoms with E-state index in [1.165, 1.54) is 4.88 Å². The Balaban J connectivity index is 2.84. The molecule has 1 heterocycles. The highest BCUT2D eigenvalue weighted by Crippen LogP contribution is 2.28. The molecule has 1 rings (SSSR count). The molecule has 0 amide bonds. The first-order chi connectivity index (χ1) is 5.63. The summed E-state index contributed by atoms with van der Waals surface area (Å²) in [6.07, 6.45) is 1.06. The van der Waals surface area contributed by atoms with Gasteiger partial charge in [0, 0.05) is 9.35 Å². The fourth-order valence-electron chi connectivity index (χ4n) is 0.995. The average Bonchev–Trinajstić information content (AvgIpc) is 2.29. The smallest absolute Gasteiger partial charge is 0.119 e. The number of thiophene rings is 1. The minimum absolute atomic E-state index is 0.655. The highest BCUT2D eigenvalue weighted by Gasteiger charge is 2.06. The Labute approximate surface area is 85.2 Å². The molecule has 0 bridgehead atoms. The van der Waals surface area contributed by atoms with Crippen LogP contribution in [0.25, 0.3) is 0 Å². The van der Waals surface area contributed by atoms with E-state index >= 15 is 0 Å². The maximum Gasteiger partial charge on any atom is 0.119 e. The van der Waals surface area contributed by atoms with Crippen molar-refractivity contribution in [2.45, 2.75) is 20.3 Å². The van der Waals surface area contributed by atoms with Crippen molar-refractivity contribution in [1.82, 2.24) is 0 Å². The van der Waals surface area contributed by atoms with E-state index in [4.69, 9.17) is 5.26 Å². The standard InChI is InChI=1S/C9H10BrNS/c1-6(2)3-7-4-8(10)9(5-11)12-7/h4,6H,3H2,1-2H3. The summed E-state index contributed by atoms with van der Waals surface area (Å²) in [7, 11) is 0. The molecule has 0 aliphatic rings. The van der Waals surface area contributed by atoms with E-state index in [0.29, 0.717) is 5.92 Å². The average molecular weight is 244 g/mol. The molecule has 0 atom stereocenters. The Kier molecular flexibility index (Phi) is 3.30. The van der Waals surface area contributed by atoms with E-state index < -0.39 is 0 Å². The van der Waals surface area contributed by atoms with E-state index in [0.717, 1.165) is 15.8 Å². The SMILES string of the molecule is CC(C)Cc1cc(Br)c(C#N)s1. The van der Waals surface area contributed by atoms with Crippen LogP contribution in [0.4, 0.5) is 0 Å². The minimum Gasteiger partial charge on any atom is -0.191 e. The van der Waals surface area contributed by atoms with Gasteiger partial charge < -0.3 is 0 Å². The molecule has 0 saturated heterocycles. The lowest BCUT2D eigenvalue weighted by molar-refractivity contribution is 0.654. The first-order valence-corrected chi connectivity index (χ1v) is 5.42. The van der Waals surface area contributed by atoms with Gasteiger partial charge in [0.15, 0.2) is 0 Å². The number of rotatable bonds is 2. The van der Waals surface area contributed by atoms with Crippen LogP contribution in [0.15, 0.2) is 10.5 Å². The van der Waals surface area contributed by atoms with E-state index in [9.17, 15) is 0 Å². The van der Waals surface area contributed by atoms with Crippen LogP contribution in [0.1, 0.15) is 23.6 Å². The second-order valence-corrected chi connectivity index (χ2v) is 5.09. The Morgan fingerprint density at radius 1 is 1.67 bits per heavy atom. The molecular weight excluding hydrogens is 234 g/mol. The molecule has 0 radical (unpaired) electrons. The first-order valence-electron chi connectivity index (χ1n) is 3.81. The molecule has 1 aromatic rings. The van der Waals surface area contributed by atoms with E-state index in [2.05, 4.69) is 35.8 Å². The van der Waals surface area contributed by atoms with Crippen LogP contribution in [0, 0.1) is 17.2 Å².